The summed E-state index contributed by atoms with van der Waals surface area (Å²) in [4.78, 5) is 0.112. The molecule has 13 heavy (non-hydrogen) atoms. The van der Waals surface area contributed by atoms with Crippen molar-refractivity contribution in [3.8, 4) is 0 Å². The molecule has 0 saturated heterocycles. The number of hydrogen-bond acceptors (Lipinski definition) is 4. The van der Waals surface area contributed by atoms with Gasteiger partial charge in [-0.1, -0.05) is 0 Å². The molecule has 1 aromatic carbocycles. The molecule has 0 unspecified atom stereocenters. The van der Waals surface area contributed by atoms with E-state index < -0.39 is 9.84 Å². The number of benzene rings is 1. The number of nitrogens with two attached hydrogens (primary N) is 1. The van der Waals surface area contributed by atoms with Gasteiger partial charge in [0.15, 0.2) is 0 Å². The van der Waals surface area contributed by atoms with Gasteiger partial charge in [0.2, 0.25) is 9.84 Å². The average molecular weight is 196 g/mol. The molecule has 5 heteroatoms. The minimum Gasteiger partial charge on any atom is -0.399 e. The van der Waals surface area contributed by atoms with Gasteiger partial charge in [0, 0.05) is 5.69 Å². The van der Waals surface area contributed by atoms with Crippen LogP contribution >= 0.6 is 0 Å². The van der Waals surface area contributed by atoms with E-state index in [1.807, 2.05) is 0 Å². The first-order valence-electron chi connectivity index (χ1n) is 3.42. The second-order valence-electron chi connectivity index (χ2n) is 2.38. The Kier molecular flexibility index (Phi) is 2.51. The lowest BCUT2D eigenvalue weighted by Gasteiger charge is -1.97. The minimum atomic E-state index is -3.51. The van der Waals surface area contributed by atoms with Crippen molar-refractivity contribution in [2.45, 2.75) is 4.90 Å². The van der Waals surface area contributed by atoms with Gasteiger partial charge in [-0.05, 0) is 30.1 Å². The predicted molar refractivity (Wildman–Crippen MR) is 50.3 cm³/mol. The summed E-state index contributed by atoms with van der Waals surface area (Å²) in [5.74, 6) is 1.73. The predicted octanol–water partition coefficient (Wildman–Crippen LogP) is 0.805. The van der Waals surface area contributed by atoms with Crippen molar-refractivity contribution in [1.29, 1.82) is 5.41 Å². The van der Waals surface area contributed by atoms with Gasteiger partial charge in [-0.3, -0.25) is 5.41 Å². The largest absolute Gasteiger partial charge is 0.399 e. The zero-order valence-electron chi connectivity index (χ0n) is 6.69. The standard InChI is InChI=1S/C8H8N2O2S/c9-5-6-13(11,12)8-3-1-7(10)2-4-8/h1-4,6,9H,10H2. The van der Waals surface area contributed by atoms with Crippen molar-refractivity contribution in [1.82, 2.24) is 0 Å². The molecule has 0 radical (unpaired) electrons. The fourth-order valence-electron chi connectivity index (χ4n) is 0.803. The Labute approximate surface area is 76.1 Å². The molecule has 0 amide bonds. The topological polar surface area (TPSA) is 84.0 Å². The third kappa shape index (κ3) is 2.18. The molecule has 0 aromatic heterocycles. The van der Waals surface area contributed by atoms with Crippen molar-refractivity contribution in [3.63, 3.8) is 0 Å². The van der Waals surface area contributed by atoms with Gasteiger partial charge in [-0.2, -0.15) is 0 Å². The van der Waals surface area contributed by atoms with Crippen LogP contribution in [0.5, 0.6) is 0 Å². The van der Waals surface area contributed by atoms with Crippen molar-refractivity contribution in [2.24, 2.45) is 0 Å². The number of nitrogens with one attached hydrogen (secondary N) is 1. The zero-order valence-corrected chi connectivity index (χ0v) is 7.51. The van der Waals surface area contributed by atoms with Gasteiger partial charge in [-0.25, -0.2) is 8.42 Å². The van der Waals surface area contributed by atoms with Crippen LogP contribution in [-0.2, 0) is 9.84 Å². The van der Waals surface area contributed by atoms with Crippen LogP contribution in [-0.4, -0.2) is 14.3 Å². The summed E-state index contributed by atoms with van der Waals surface area (Å²) in [6.45, 7) is 0. The van der Waals surface area contributed by atoms with Crippen LogP contribution < -0.4 is 5.73 Å². The fraction of sp³-hybridized carbons (Fsp3) is 0. The maximum atomic E-state index is 11.3. The summed E-state index contributed by atoms with van der Waals surface area (Å²) in [5.41, 5.74) is 5.88. The molecule has 0 saturated carbocycles. The summed E-state index contributed by atoms with van der Waals surface area (Å²) < 4.78 is 22.5. The molecule has 68 valence electrons. The third-order valence-electron chi connectivity index (χ3n) is 1.42. The number of anilines is 1. The SMILES string of the molecule is N=C=CS(=O)(=O)c1ccc(N)cc1. The number of nitrogen functional groups attached to an aromatic ring is 1. The summed E-state index contributed by atoms with van der Waals surface area (Å²) in [6.07, 6.45) is 0. The molecule has 0 aliphatic rings. The summed E-state index contributed by atoms with van der Waals surface area (Å²) in [6, 6.07) is 5.76. The average Bonchev–Trinajstić information content (AvgIpc) is 2.05. The second-order valence-corrected chi connectivity index (χ2v) is 4.17. The van der Waals surface area contributed by atoms with E-state index in [0.29, 0.717) is 11.1 Å². The first-order chi connectivity index (χ1) is 6.06. The smallest absolute Gasteiger partial charge is 0.208 e. The highest BCUT2D eigenvalue weighted by molar-refractivity contribution is 7.94. The fourth-order valence-corrected chi connectivity index (χ4v) is 1.61. The molecule has 0 aliphatic carbocycles. The summed E-state index contributed by atoms with van der Waals surface area (Å²) in [7, 11) is -3.51. The highest BCUT2D eigenvalue weighted by Crippen LogP contribution is 2.13. The molecule has 0 aliphatic heterocycles. The summed E-state index contributed by atoms with van der Waals surface area (Å²) >= 11 is 0. The van der Waals surface area contributed by atoms with Crippen LogP contribution in [0.25, 0.3) is 0 Å². The monoisotopic (exact) mass is 196 g/mol. The zero-order chi connectivity index (χ0) is 9.90. The Bertz CT molecular complexity index is 442. The Hall–Kier alpha value is -1.58. The molecule has 0 heterocycles. The molecule has 4 nitrogen and oxygen atoms in total. The van der Waals surface area contributed by atoms with E-state index in [1.165, 1.54) is 24.3 Å². The first kappa shape index (κ1) is 9.51. The van der Waals surface area contributed by atoms with Crippen molar-refractivity contribution >= 4 is 21.4 Å². The Morgan fingerprint density at radius 2 is 1.85 bits per heavy atom. The lowest BCUT2D eigenvalue weighted by molar-refractivity contribution is 0.605. The van der Waals surface area contributed by atoms with E-state index in [2.05, 4.69) is 0 Å². The van der Waals surface area contributed by atoms with Crippen LogP contribution in [0.1, 0.15) is 0 Å². The van der Waals surface area contributed by atoms with Gasteiger partial charge in [0.1, 0.15) is 0 Å². The van der Waals surface area contributed by atoms with Crippen LogP contribution in [0.3, 0.4) is 0 Å². The third-order valence-corrected chi connectivity index (χ3v) is 2.78. The van der Waals surface area contributed by atoms with Crippen molar-refractivity contribution < 1.29 is 8.42 Å². The highest BCUT2D eigenvalue weighted by Gasteiger charge is 2.08. The number of hydrogen-bond donors (Lipinski definition) is 2. The van der Waals surface area contributed by atoms with Crippen LogP contribution in [0.4, 0.5) is 5.69 Å². The molecule has 3 N–H and O–H groups in total. The van der Waals surface area contributed by atoms with Gasteiger partial charge in [0.05, 0.1) is 10.3 Å². The van der Waals surface area contributed by atoms with E-state index in [4.69, 9.17) is 11.1 Å². The van der Waals surface area contributed by atoms with E-state index >= 15 is 0 Å². The lowest BCUT2D eigenvalue weighted by Crippen LogP contribution is -1.96. The molecule has 1 aromatic rings. The van der Waals surface area contributed by atoms with E-state index in [1.54, 1.807) is 5.87 Å². The van der Waals surface area contributed by atoms with Crippen LogP contribution in [0, 0.1) is 5.41 Å². The van der Waals surface area contributed by atoms with E-state index in [-0.39, 0.29) is 4.90 Å². The second kappa shape index (κ2) is 3.43. The highest BCUT2D eigenvalue weighted by atomic mass is 32.2. The van der Waals surface area contributed by atoms with Crippen LogP contribution in [0.2, 0.25) is 0 Å². The molecule has 1 rings (SSSR count). The van der Waals surface area contributed by atoms with Gasteiger partial charge >= 0.3 is 0 Å². The van der Waals surface area contributed by atoms with Crippen LogP contribution in [0.15, 0.2) is 34.6 Å². The molecule has 0 bridgehead atoms. The Balaban J connectivity index is 3.24. The van der Waals surface area contributed by atoms with Gasteiger partial charge in [0.25, 0.3) is 0 Å². The molecular formula is C8H8N2O2S. The molecule has 0 spiro atoms. The van der Waals surface area contributed by atoms with E-state index in [9.17, 15) is 8.42 Å². The summed E-state index contributed by atoms with van der Waals surface area (Å²) in [5, 5.41) is 7.25. The van der Waals surface area contributed by atoms with Gasteiger partial charge in [-0.15, -0.1) is 0 Å². The molecule has 0 atom stereocenters. The molecule has 0 fully saturated rings. The minimum absolute atomic E-state index is 0.112. The maximum Gasteiger partial charge on any atom is 0.208 e. The normalized spacial score (nSPS) is 10.5. The quantitative estimate of drug-likeness (QED) is 0.542. The maximum absolute atomic E-state index is 11.3. The number of rotatable bonds is 2. The Morgan fingerprint density at radius 3 is 2.31 bits per heavy atom. The van der Waals surface area contributed by atoms with Crippen molar-refractivity contribution in [3.05, 3.63) is 29.7 Å². The van der Waals surface area contributed by atoms with Crippen molar-refractivity contribution in [2.75, 3.05) is 5.73 Å². The lowest BCUT2D eigenvalue weighted by atomic mass is 10.3. The molecular weight excluding hydrogens is 188 g/mol. The number of sulfone groups is 1. The Morgan fingerprint density at radius 1 is 1.31 bits per heavy atom. The van der Waals surface area contributed by atoms with Gasteiger partial charge < -0.3 is 5.73 Å². The van der Waals surface area contributed by atoms with E-state index in [0.717, 1.165) is 0 Å². The first-order valence-corrected chi connectivity index (χ1v) is 4.97.